The first-order valence-electron chi connectivity index (χ1n) is 9.56. The fourth-order valence-corrected chi connectivity index (χ4v) is 4.59. The Balaban J connectivity index is 1.59. The third kappa shape index (κ3) is 2.94. The molecule has 1 atom stereocenters. The number of hydrogen-bond donors (Lipinski definition) is 0. The van der Waals surface area contributed by atoms with E-state index in [1.54, 1.807) is 0 Å². The molecule has 4 rings (SSSR count). The number of rotatable bonds is 3. The number of benzene rings is 1. The average Bonchev–Trinajstić information content (AvgIpc) is 3.29. The lowest BCUT2D eigenvalue weighted by Gasteiger charge is -2.39. The molecule has 138 valence electrons. The number of nitrogens with zero attached hydrogens (tertiary/aromatic N) is 3. The minimum absolute atomic E-state index is 0.152. The molecule has 1 aromatic carbocycles. The van der Waals surface area contributed by atoms with E-state index in [0.717, 1.165) is 37.2 Å². The number of aromatic nitrogens is 2. The maximum Gasteiger partial charge on any atom is 0.233 e. The summed E-state index contributed by atoms with van der Waals surface area (Å²) in [5.41, 5.74) is 1.78. The van der Waals surface area contributed by atoms with E-state index in [1.165, 1.54) is 5.56 Å². The highest BCUT2D eigenvalue weighted by atomic mass is 16.5. The maximum atomic E-state index is 13.6. The second-order valence-electron chi connectivity index (χ2n) is 7.62. The van der Waals surface area contributed by atoms with Gasteiger partial charge in [0.05, 0.1) is 24.3 Å². The van der Waals surface area contributed by atoms with Gasteiger partial charge < -0.3 is 14.2 Å². The summed E-state index contributed by atoms with van der Waals surface area (Å²) in [4.78, 5) is 20.2. The third-order valence-corrected chi connectivity index (χ3v) is 5.87. The lowest BCUT2D eigenvalue weighted by molar-refractivity contribution is -0.145. The first-order chi connectivity index (χ1) is 12.6. The Hall–Kier alpha value is -2.14. The zero-order valence-electron chi connectivity index (χ0n) is 15.6. The minimum Gasteiger partial charge on any atom is -0.367 e. The van der Waals surface area contributed by atoms with Crippen molar-refractivity contribution in [2.75, 3.05) is 19.7 Å². The van der Waals surface area contributed by atoms with Gasteiger partial charge in [-0.15, -0.1) is 0 Å². The number of amides is 1. The number of aryl methyl sites for hydroxylation is 2. The van der Waals surface area contributed by atoms with Gasteiger partial charge in [-0.05, 0) is 25.3 Å². The summed E-state index contributed by atoms with van der Waals surface area (Å²) >= 11 is 0. The van der Waals surface area contributed by atoms with Crippen molar-refractivity contribution in [3.8, 4) is 0 Å². The average molecular weight is 353 g/mol. The molecule has 5 heteroatoms. The van der Waals surface area contributed by atoms with Gasteiger partial charge >= 0.3 is 0 Å². The first kappa shape index (κ1) is 17.3. The first-order valence-corrected chi connectivity index (χ1v) is 9.56. The highest BCUT2D eigenvalue weighted by Crippen LogP contribution is 2.43. The van der Waals surface area contributed by atoms with Crippen LogP contribution in [0.3, 0.4) is 0 Å². The van der Waals surface area contributed by atoms with Crippen molar-refractivity contribution >= 4 is 5.91 Å². The zero-order chi connectivity index (χ0) is 18.1. The topological polar surface area (TPSA) is 47.4 Å². The van der Waals surface area contributed by atoms with Crippen LogP contribution in [0.5, 0.6) is 0 Å². The van der Waals surface area contributed by atoms with E-state index in [9.17, 15) is 4.79 Å². The minimum atomic E-state index is -0.360. The molecule has 1 aliphatic carbocycles. The lowest BCUT2D eigenvalue weighted by Crippen LogP contribution is -2.50. The lowest BCUT2D eigenvalue weighted by atomic mass is 9.77. The van der Waals surface area contributed by atoms with Crippen molar-refractivity contribution in [3.05, 3.63) is 53.6 Å². The molecule has 2 aromatic rings. The van der Waals surface area contributed by atoms with Crippen LogP contribution in [-0.2, 0) is 22.0 Å². The Morgan fingerprint density at radius 3 is 2.62 bits per heavy atom. The SMILES string of the molecule is Cc1cn(C)c([C@@H]2CN(C(=O)C3(c4ccccc4)CCCC3)CCO2)n1. The second kappa shape index (κ2) is 6.88. The molecule has 0 bridgehead atoms. The smallest absolute Gasteiger partial charge is 0.233 e. The van der Waals surface area contributed by atoms with Crippen molar-refractivity contribution in [2.24, 2.45) is 7.05 Å². The predicted molar refractivity (Wildman–Crippen MR) is 99.8 cm³/mol. The molecule has 2 aliphatic rings. The zero-order valence-corrected chi connectivity index (χ0v) is 15.6. The van der Waals surface area contributed by atoms with Crippen molar-refractivity contribution < 1.29 is 9.53 Å². The molecule has 26 heavy (non-hydrogen) atoms. The van der Waals surface area contributed by atoms with Gasteiger partial charge in [-0.25, -0.2) is 4.98 Å². The number of morpholine rings is 1. The van der Waals surface area contributed by atoms with Gasteiger partial charge in [0, 0.05) is 19.8 Å². The fraction of sp³-hybridized carbons (Fsp3) is 0.524. The van der Waals surface area contributed by atoms with Gasteiger partial charge in [0.2, 0.25) is 5.91 Å². The number of carbonyl (C=O) groups is 1. The van der Waals surface area contributed by atoms with Crippen LogP contribution in [0.1, 0.15) is 48.9 Å². The normalized spacial score (nSPS) is 22.5. The van der Waals surface area contributed by atoms with E-state index in [1.807, 2.05) is 47.8 Å². The summed E-state index contributed by atoms with van der Waals surface area (Å²) in [5.74, 6) is 1.17. The summed E-state index contributed by atoms with van der Waals surface area (Å²) in [6.07, 6.45) is 5.97. The molecule has 2 fully saturated rings. The van der Waals surface area contributed by atoms with E-state index in [2.05, 4.69) is 17.1 Å². The number of hydrogen-bond acceptors (Lipinski definition) is 3. The predicted octanol–water partition coefficient (Wildman–Crippen LogP) is 3.14. The van der Waals surface area contributed by atoms with Gasteiger partial charge in [-0.1, -0.05) is 43.2 Å². The Labute approximate surface area is 155 Å². The summed E-state index contributed by atoms with van der Waals surface area (Å²) in [7, 11) is 1.99. The van der Waals surface area contributed by atoms with E-state index in [0.29, 0.717) is 19.7 Å². The van der Waals surface area contributed by atoms with Gasteiger partial charge in [-0.3, -0.25) is 4.79 Å². The highest BCUT2D eigenvalue weighted by molar-refractivity contribution is 5.88. The second-order valence-corrected chi connectivity index (χ2v) is 7.62. The van der Waals surface area contributed by atoms with Crippen molar-refractivity contribution in [1.82, 2.24) is 14.5 Å². The fourth-order valence-electron chi connectivity index (χ4n) is 4.59. The van der Waals surface area contributed by atoms with Gasteiger partial charge in [-0.2, -0.15) is 0 Å². The van der Waals surface area contributed by atoms with Crippen LogP contribution in [0.25, 0.3) is 0 Å². The van der Waals surface area contributed by atoms with E-state index < -0.39 is 0 Å². The van der Waals surface area contributed by atoms with Gasteiger partial charge in [0.1, 0.15) is 11.9 Å². The summed E-state index contributed by atoms with van der Waals surface area (Å²) in [6.45, 7) is 3.79. The quantitative estimate of drug-likeness (QED) is 0.852. The Bertz CT molecular complexity index is 778. The van der Waals surface area contributed by atoms with Gasteiger partial charge in [0.25, 0.3) is 0 Å². The van der Waals surface area contributed by atoms with Crippen LogP contribution in [0.15, 0.2) is 36.5 Å². The Kier molecular flexibility index (Phi) is 4.57. The summed E-state index contributed by atoms with van der Waals surface area (Å²) < 4.78 is 7.97. The number of ether oxygens (including phenoxy) is 1. The van der Waals surface area contributed by atoms with Crippen LogP contribution < -0.4 is 0 Å². The van der Waals surface area contributed by atoms with E-state index >= 15 is 0 Å². The Morgan fingerprint density at radius 1 is 1.23 bits per heavy atom. The highest BCUT2D eigenvalue weighted by Gasteiger charge is 2.46. The number of carbonyl (C=O) groups excluding carboxylic acids is 1. The van der Waals surface area contributed by atoms with Crippen LogP contribution in [0, 0.1) is 6.92 Å². The van der Waals surface area contributed by atoms with Crippen molar-refractivity contribution in [2.45, 2.75) is 44.1 Å². The van der Waals surface area contributed by atoms with Crippen LogP contribution >= 0.6 is 0 Å². The summed E-state index contributed by atoms with van der Waals surface area (Å²) in [5, 5.41) is 0. The molecular formula is C21H27N3O2. The van der Waals surface area contributed by atoms with Crippen LogP contribution in [0.4, 0.5) is 0 Å². The monoisotopic (exact) mass is 353 g/mol. The van der Waals surface area contributed by atoms with Crippen LogP contribution in [-0.4, -0.2) is 40.1 Å². The van der Waals surface area contributed by atoms with Crippen molar-refractivity contribution in [3.63, 3.8) is 0 Å². The molecule has 0 spiro atoms. The molecule has 5 nitrogen and oxygen atoms in total. The molecule has 1 amide bonds. The van der Waals surface area contributed by atoms with Crippen molar-refractivity contribution in [1.29, 1.82) is 0 Å². The standard InChI is InChI=1S/C21H27N3O2/c1-16-14-23(2)19(22-16)18-15-24(12-13-26-18)20(25)21(10-6-7-11-21)17-8-4-3-5-9-17/h3-5,8-9,14,18H,6-7,10-13,15H2,1-2H3/t18-/m0/s1. The molecule has 1 aromatic heterocycles. The van der Waals surface area contributed by atoms with Crippen LogP contribution in [0.2, 0.25) is 0 Å². The molecule has 0 N–H and O–H groups in total. The molecule has 0 radical (unpaired) electrons. The van der Waals surface area contributed by atoms with Gasteiger partial charge in [0.15, 0.2) is 0 Å². The molecule has 0 unspecified atom stereocenters. The summed E-state index contributed by atoms with van der Waals surface area (Å²) in [6, 6.07) is 10.3. The molecule has 2 heterocycles. The largest absolute Gasteiger partial charge is 0.367 e. The number of imidazole rings is 1. The van der Waals surface area contributed by atoms with E-state index in [-0.39, 0.29) is 17.4 Å². The molecule has 1 saturated heterocycles. The van der Waals surface area contributed by atoms with E-state index in [4.69, 9.17) is 4.74 Å². The third-order valence-electron chi connectivity index (χ3n) is 5.87. The maximum absolute atomic E-state index is 13.6. The Morgan fingerprint density at radius 2 is 1.96 bits per heavy atom. The molecule has 1 saturated carbocycles. The molecule has 1 aliphatic heterocycles. The molecular weight excluding hydrogens is 326 g/mol.